The zero-order chi connectivity index (χ0) is 13.3. The Morgan fingerprint density at radius 1 is 1.00 bits per heavy atom. The predicted octanol–water partition coefficient (Wildman–Crippen LogP) is 3.04. The van der Waals surface area contributed by atoms with Gasteiger partial charge < -0.3 is 10.2 Å². The van der Waals surface area contributed by atoms with Crippen LogP contribution in [-0.4, -0.2) is 16.2 Å². The fourth-order valence-electron chi connectivity index (χ4n) is 1.65. The summed E-state index contributed by atoms with van der Waals surface area (Å²) in [7, 11) is 0. The number of hydrogen-bond donors (Lipinski definition) is 2. The second-order valence-electron chi connectivity index (χ2n) is 3.66. The normalized spacial score (nSPS) is 10.3. The zero-order valence-electron chi connectivity index (χ0n) is 9.02. The number of halogens is 2. The van der Waals surface area contributed by atoms with Crippen molar-refractivity contribution in [3.8, 4) is 16.9 Å². The van der Waals surface area contributed by atoms with Crippen LogP contribution in [0.25, 0.3) is 11.1 Å². The molecule has 0 saturated carbocycles. The number of carbonyl (C=O) groups is 1. The lowest BCUT2D eigenvalue weighted by Crippen LogP contribution is -2.00. The van der Waals surface area contributed by atoms with Gasteiger partial charge in [-0.1, -0.05) is 0 Å². The molecule has 5 heteroatoms. The number of carboxylic acid groups (broad SMARTS) is 1. The van der Waals surface area contributed by atoms with Crippen molar-refractivity contribution >= 4 is 5.97 Å². The maximum Gasteiger partial charge on any atom is 0.336 e. The molecular formula is C13H8F2O3. The summed E-state index contributed by atoms with van der Waals surface area (Å²) in [5, 5.41) is 18.2. The predicted molar refractivity (Wildman–Crippen MR) is 60.4 cm³/mol. The molecule has 92 valence electrons. The number of benzene rings is 2. The van der Waals surface area contributed by atoms with Crippen molar-refractivity contribution in [3.63, 3.8) is 0 Å². The molecule has 0 aliphatic carbocycles. The highest BCUT2D eigenvalue weighted by molar-refractivity contribution is 5.96. The lowest BCUT2D eigenvalue weighted by atomic mass is 9.99. The molecule has 0 bridgehead atoms. The van der Waals surface area contributed by atoms with Gasteiger partial charge in [0.15, 0.2) is 0 Å². The second-order valence-corrected chi connectivity index (χ2v) is 3.66. The van der Waals surface area contributed by atoms with Gasteiger partial charge in [-0.05, 0) is 35.9 Å². The third-order valence-corrected chi connectivity index (χ3v) is 2.45. The molecule has 0 saturated heterocycles. The van der Waals surface area contributed by atoms with Gasteiger partial charge in [-0.2, -0.15) is 0 Å². The second kappa shape index (κ2) is 4.44. The average molecular weight is 250 g/mol. The first-order valence-corrected chi connectivity index (χ1v) is 5.01. The number of carboxylic acids is 1. The smallest absolute Gasteiger partial charge is 0.336 e. The van der Waals surface area contributed by atoms with Crippen molar-refractivity contribution in [3.05, 3.63) is 53.6 Å². The van der Waals surface area contributed by atoms with E-state index in [1.54, 1.807) is 0 Å². The number of aromatic carboxylic acids is 1. The van der Waals surface area contributed by atoms with Crippen LogP contribution in [0.4, 0.5) is 8.78 Å². The molecule has 0 heterocycles. The molecule has 2 aromatic rings. The van der Waals surface area contributed by atoms with Gasteiger partial charge in [0, 0.05) is 11.6 Å². The number of hydrogen-bond acceptors (Lipinski definition) is 2. The highest BCUT2D eigenvalue weighted by atomic mass is 19.1. The fraction of sp³-hybridized carbons (Fsp3) is 0. The lowest BCUT2D eigenvalue weighted by Gasteiger charge is -2.08. The molecule has 0 atom stereocenters. The Morgan fingerprint density at radius 3 is 2.28 bits per heavy atom. The van der Waals surface area contributed by atoms with Gasteiger partial charge in [-0.15, -0.1) is 0 Å². The summed E-state index contributed by atoms with van der Waals surface area (Å²) >= 11 is 0. The molecule has 0 spiro atoms. The summed E-state index contributed by atoms with van der Waals surface area (Å²) < 4.78 is 26.4. The van der Waals surface area contributed by atoms with Crippen LogP contribution in [0.3, 0.4) is 0 Å². The van der Waals surface area contributed by atoms with Crippen molar-refractivity contribution in [1.82, 2.24) is 0 Å². The minimum absolute atomic E-state index is 0.0335. The Bertz CT molecular complexity index is 624. The lowest BCUT2D eigenvalue weighted by molar-refractivity contribution is 0.0697. The summed E-state index contributed by atoms with van der Waals surface area (Å²) in [4.78, 5) is 11.0. The van der Waals surface area contributed by atoms with E-state index >= 15 is 0 Å². The Balaban J connectivity index is 2.67. The van der Waals surface area contributed by atoms with E-state index in [2.05, 4.69) is 0 Å². The molecule has 0 aliphatic heterocycles. The molecule has 0 aromatic heterocycles. The number of phenols is 1. The van der Waals surface area contributed by atoms with E-state index in [1.807, 2.05) is 0 Å². The molecule has 3 nitrogen and oxygen atoms in total. The molecule has 2 N–H and O–H groups in total. The van der Waals surface area contributed by atoms with Crippen molar-refractivity contribution in [2.45, 2.75) is 0 Å². The van der Waals surface area contributed by atoms with Gasteiger partial charge in [0.25, 0.3) is 0 Å². The minimum atomic E-state index is -1.30. The van der Waals surface area contributed by atoms with Crippen LogP contribution in [-0.2, 0) is 0 Å². The molecule has 2 rings (SSSR count). The average Bonchev–Trinajstić information content (AvgIpc) is 2.29. The summed E-state index contributed by atoms with van der Waals surface area (Å²) in [6.45, 7) is 0. The zero-order valence-corrected chi connectivity index (χ0v) is 9.02. The number of aromatic hydroxyl groups is 1. The monoisotopic (exact) mass is 250 g/mol. The molecule has 2 aromatic carbocycles. The number of phenolic OH excluding ortho intramolecular Hbond substituents is 1. The third-order valence-electron chi connectivity index (χ3n) is 2.45. The molecule has 0 unspecified atom stereocenters. The van der Waals surface area contributed by atoms with Crippen molar-refractivity contribution in [1.29, 1.82) is 0 Å². The van der Waals surface area contributed by atoms with Crippen LogP contribution in [0.2, 0.25) is 0 Å². The highest BCUT2D eigenvalue weighted by Crippen LogP contribution is 2.29. The SMILES string of the molecule is O=C(O)c1cc(O)ccc1-c1ccc(F)cc1F. The minimum Gasteiger partial charge on any atom is -0.508 e. The van der Waals surface area contributed by atoms with Gasteiger partial charge in [0.05, 0.1) is 5.56 Å². The van der Waals surface area contributed by atoms with Gasteiger partial charge >= 0.3 is 5.97 Å². The Kier molecular flexibility index (Phi) is 2.97. The maximum absolute atomic E-state index is 13.6. The van der Waals surface area contributed by atoms with E-state index in [0.29, 0.717) is 6.07 Å². The van der Waals surface area contributed by atoms with E-state index in [9.17, 15) is 18.7 Å². The van der Waals surface area contributed by atoms with E-state index in [-0.39, 0.29) is 22.4 Å². The van der Waals surface area contributed by atoms with Crippen molar-refractivity contribution in [2.75, 3.05) is 0 Å². The molecule has 0 fully saturated rings. The quantitative estimate of drug-likeness (QED) is 0.861. The van der Waals surface area contributed by atoms with Crippen LogP contribution in [0, 0.1) is 11.6 Å². The topological polar surface area (TPSA) is 57.5 Å². The van der Waals surface area contributed by atoms with E-state index in [0.717, 1.165) is 18.2 Å². The molecule has 0 amide bonds. The first-order chi connectivity index (χ1) is 8.49. The van der Waals surface area contributed by atoms with E-state index in [4.69, 9.17) is 5.11 Å². The first kappa shape index (κ1) is 12.0. The Hall–Kier alpha value is -2.43. The molecule has 0 radical (unpaired) electrons. The van der Waals surface area contributed by atoms with Crippen LogP contribution in [0.1, 0.15) is 10.4 Å². The fourth-order valence-corrected chi connectivity index (χ4v) is 1.65. The standard InChI is InChI=1S/C13H8F2O3/c14-7-1-3-10(12(15)5-7)9-4-2-8(16)6-11(9)13(17)18/h1-6,16H,(H,17,18). The summed E-state index contributed by atoms with van der Waals surface area (Å²) in [6, 6.07) is 6.40. The summed E-state index contributed by atoms with van der Waals surface area (Å²) in [5.41, 5.74) is -0.202. The first-order valence-electron chi connectivity index (χ1n) is 5.01. The van der Waals surface area contributed by atoms with Crippen molar-refractivity contribution < 1.29 is 23.8 Å². The van der Waals surface area contributed by atoms with Gasteiger partial charge in [0.2, 0.25) is 0 Å². The van der Waals surface area contributed by atoms with Crippen LogP contribution in [0.15, 0.2) is 36.4 Å². The van der Waals surface area contributed by atoms with Gasteiger partial charge in [-0.25, -0.2) is 13.6 Å². The Morgan fingerprint density at radius 2 is 1.67 bits per heavy atom. The third kappa shape index (κ3) is 2.15. The van der Waals surface area contributed by atoms with Gasteiger partial charge in [0.1, 0.15) is 17.4 Å². The van der Waals surface area contributed by atoms with E-state index < -0.39 is 17.6 Å². The highest BCUT2D eigenvalue weighted by Gasteiger charge is 2.15. The van der Waals surface area contributed by atoms with Crippen LogP contribution < -0.4 is 0 Å². The van der Waals surface area contributed by atoms with Crippen molar-refractivity contribution in [2.24, 2.45) is 0 Å². The molecule has 0 aliphatic rings. The summed E-state index contributed by atoms with van der Waals surface area (Å²) in [5.74, 6) is -3.14. The summed E-state index contributed by atoms with van der Waals surface area (Å²) in [6.07, 6.45) is 0. The van der Waals surface area contributed by atoms with E-state index in [1.165, 1.54) is 12.1 Å². The Labute approximate surface area is 101 Å². The largest absolute Gasteiger partial charge is 0.508 e. The molecule has 18 heavy (non-hydrogen) atoms. The number of rotatable bonds is 2. The van der Waals surface area contributed by atoms with Gasteiger partial charge in [-0.3, -0.25) is 0 Å². The molecular weight excluding hydrogens is 242 g/mol. The maximum atomic E-state index is 13.6. The van der Waals surface area contributed by atoms with Crippen LogP contribution in [0.5, 0.6) is 5.75 Å². The van der Waals surface area contributed by atoms with Crippen LogP contribution >= 0.6 is 0 Å².